The highest BCUT2D eigenvalue weighted by molar-refractivity contribution is 7.86. The average Bonchev–Trinajstić information content (AvgIpc) is 3.25. The molecule has 212 valence electrons. The number of oxazole rings is 1. The summed E-state index contributed by atoms with van der Waals surface area (Å²) in [5, 5.41) is 9.26. The molecule has 1 aromatic heterocycles. The number of carboxylic acid groups (broad SMARTS) is 1. The van der Waals surface area contributed by atoms with E-state index in [4.69, 9.17) is 9.15 Å². The van der Waals surface area contributed by atoms with E-state index in [1.165, 1.54) is 4.31 Å². The van der Waals surface area contributed by atoms with Crippen LogP contribution in [0, 0.1) is 31.3 Å². The number of carbonyl (C=O) groups is 1. The van der Waals surface area contributed by atoms with Gasteiger partial charge in [-0.1, -0.05) is 26.0 Å². The molecule has 2 aromatic carbocycles. The van der Waals surface area contributed by atoms with E-state index in [9.17, 15) is 31.5 Å². The first-order valence-electron chi connectivity index (χ1n) is 12.2. The molecule has 0 aliphatic rings. The highest BCUT2D eigenvalue weighted by atomic mass is 32.2. The van der Waals surface area contributed by atoms with Crippen LogP contribution in [0.25, 0.3) is 11.5 Å². The maximum atomic E-state index is 14.4. The van der Waals surface area contributed by atoms with Gasteiger partial charge < -0.3 is 14.3 Å². The Kier molecular flexibility index (Phi) is 9.75. The zero-order chi connectivity index (χ0) is 28.9. The number of carboxylic acids is 1. The topological polar surface area (TPSA) is 113 Å². The fourth-order valence-electron chi connectivity index (χ4n) is 3.90. The third-order valence-corrected chi connectivity index (χ3v) is 8.13. The van der Waals surface area contributed by atoms with Gasteiger partial charge in [0, 0.05) is 31.6 Å². The van der Waals surface area contributed by atoms with E-state index in [0.717, 1.165) is 17.3 Å². The molecule has 1 N–H and O–H groups in total. The zero-order valence-electron chi connectivity index (χ0n) is 22.0. The van der Waals surface area contributed by atoms with Crippen LogP contribution in [0.2, 0.25) is 0 Å². The second-order valence-electron chi connectivity index (χ2n) is 8.68. The van der Waals surface area contributed by atoms with E-state index in [1.807, 2.05) is 0 Å². The Morgan fingerprint density at radius 1 is 1.08 bits per heavy atom. The molecular formula is C26H30F3N3O6S. The van der Waals surface area contributed by atoms with Gasteiger partial charge in [-0.05, 0) is 37.6 Å². The third kappa shape index (κ3) is 6.97. The number of aromatic nitrogens is 1. The van der Waals surface area contributed by atoms with Gasteiger partial charge in [-0.25, -0.2) is 18.2 Å². The van der Waals surface area contributed by atoms with Gasteiger partial charge in [-0.3, -0.25) is 4.79 Å². The van der Waals surface area contributed by atoms with Crippen LogP contribution in [-0.4, -0.2) is 59.3 Å². The Labute approximate surface area is 225 Å². The molecule has 0 atom stereocenters. The third-order valence-electron chi connectivity index (χ3n) is 6.05. The van der Waals surface area contributed by atoms with Crippen LogP contribution in [0.4, 0.5) is 13.2 Å². The molecule has 3 rings (SSSR count). The lowest BCUT2D eigenvalue weighted by Crippen LogP contribution is -2.45. The number of nitrogens with zero attached hydrogens (tertiary/aromatic N) is 3. The summed E-state index contributed by atoms with van der Waals surface area (Å²) < 4.78 is 81.4. The van der Waals surface area contributed by atoms with Crippen LogP contribution in [-0.2, 0) is 28.0 Å². The van der Waals surface area contributed by atoms with E-state index < -0.39 is 51.3 Å². The van der Waals surface area contributed by atoms with Crippen LogP contribution in [0.3, 0.4) is 0 Å². The van der Waals surface area contributed by atoms with Crippen molar-refractivity contribution in [3.05, 3.63) is 70.4 Å². The lowest BCUT2D eigenvalue weighted by atomic mass is 10.1. The van der Waals surface area contributed by atoms with E-state index in [1.54, 1.807) is 45.0 Å². The van der Waals surface area contributed by atoms with Gasteiger partial charge in [-0.15, -0.1) is 0 Å². The Balaban J connectivity index is 1.71. The van der Waals surface area contributed by atoms with Gasteiger partial charge in [0.25, 0.3) is 10.2 Å². The van der Waals surface area contributed by atoms with Crippen molar-refractivity contribution in [3.63, 3.8) is 0 Å². The molecule has 1 heterocycles. The highest BCUT2D eigenvalue weighted by Gasteiger charge is 2.29. The second-order valence-corrected chi connectivity index (χ2v) is 10.6. The van der Waals surface area contributed by atoms with Gasteiger partial charge >= 0.3 is 5.97 Å². The lowest BCUT2D eigenvalue weighted by Gasteiger charge is -2.27. The molecule has 0 spiro atoms. The summed E-state index contributed by atoms with van der Waals surface area (Å²) in [5.74, 6) is -4.29. The fourth-order valence-corrected chi connectivity index (χ4v) is 5.47. The molecular weight excluding hydrogens is 539 g/mol. The molecule has 0 unspecified atom stereocenters. The summed E-state index contributed by atoms with van der Waals surface area (Å²) >= 11 is 0. The first kappa shape index (κ1) is 30.1. The first-order valence-corrected chi connectivity index (χ1v) is 13.6. The highest BCUT2D eigenvalue weighted by Crippen LogP contribution is 2.29. The molecule has 0 amide bonds. The summed E-state index contributed by atoms with van der Waals surface area (Å²) in [6, 6.07) is 7.39. The van der Waals surface area contributed by atoms with E-state index in [0.29, 0.717) is 22.8 Å². The number of ether oxygens (including phenoxy) is 1. The summed E-state index contributed by atoms with van der Waals surface area (Å²) in [4.78, 5) is 15.5. The molecule has 0 aliphatic heterocycles. The summed E-state index contributed by atoms with van der Waals surface area (Å²) in [6.07, 6.45) is 0.222. The smallest absolute Gasteiger partial charge is 0.318 e. The van der Waals surface area contributed by atoms with Crippen LogP contribution in [0.5, 0.6) is 5.75 Å². The quantitative estimate of drug-likeness (QED) is 0.302. The number of hydrogen-bond donors (Lipinski definition) is 1. The van der Waals surface area contributed by atoms with Crippen molar-refractivity contribution >= 4 is 16.2 Å². The molecule has 0 saturated carbocycles. The first-order chi connectivity index (χ1) is 18.4. The zero-order valence-corrected chi connectivity index (χ0v) is 22.8. The largest absolute Gasteiger partial charge is 0.493 e. The van der Waals surface area contributed by atoms with E-state index in [-0.39, 0.29) is 38.6 Å². The summed E-state index contributed by atoms with van der Waals surface area (Å²) in [5.41, 5.74) is 0.0550. The summed E-state index contributed by atoms with van der Waals surface area (Å²) in [7, 11) is -4.01. The molecule has 0 aliphatic carbocycles. The van der Waals surface area contributed by atoms with Crippen molar-refractivity contribution in [3.8, 4) is 17.2 Å². The maximum absolute atomic E-state index is 14.4. The minimum atomic E-state index is -4.01. The van der Waals surface area contributed by atoms with Crippen molar-refractivity contribution in [1.29, 1.82) is 0 Å². The molecule has 3 aromatic rings. The lowest BCUT2D eigenvalue weighted by molar-refractivity contribution is -0.137. The van der Waals surface area contributed by atoms with E-state index >= 15 is 0 Å². The molecule has 39 heavy (non-hydrogen) atoms. The normalized spacial score (nSPS) is 11.9. The number of benzene rings is 2. The van der Waals surface area contributed by atoms with Crippen molar-refractivity contribution in [2.45, 2.75) is 40.7 Å². The molecule has 0 saturated heterocycles. The molecule has 0 fully saturated rings. The van der Waals surface area contributed by atoms with Crippen LogP contribution in [0.15, 0.2) is 34.7 Å². The number of rotatable bonds is 13. The van der Waals surface area contributed by atoms with Gasteiger partial charge in [-0.2, -0.15) is 17.0 Å². The van der Waals surface area contributed by atoms with Crippen LogP contribution in [0.1, 0.15) is 36.4 Å². The average molecular weight is 570 g/mol. The van der Waals surface area contributed by atoms with Crippen LogP contribution < -0.4 is 4.74 Å². The van der Waals surface area contributed by atoms with Gasteiger partial charge in [0.2, 0.25) is 5.89 Å². The van der Waals surface area contributed by atoms with Gasteiger partial charge in [0.1, 0.15) is 23.9 Å². The number of halogens is 3. The summed E-state index contributed by atoms with van der Waals surface area (Å²) in [6.45, 7) is 5.66. The molecule has 9 nitrogen and oxygen atoms in total. The molecule has 13 heteroatoms. The van der Waals surface area contributed by atoms with Gasteiger partial charge in [0.05, 0.1) is 17.9 Å². The minimum absolute atomic E-state index is 0.103. The van der Waals surface area contributed by atoms with E-state index in [2.05, 4.69) is 4.98 Å². The van der Waals surface area contributed by atoms with Crippen molar-refractivity contribution in [1.82, 2.24) is 13.6 Å². The number of aliphatic carboxylic acids is 1. The van der Waals surface area contributed by atoms with Gasteiger partial charge in [0.15, 0.2) is 11.6 Å². The fraction of sp³-hybridized carbons (Fsp3) is 0.385. The monoisotopic (exact) mass is 569 g/mol. The Bertz CT molecular complexity index is 1440. The van der Waals surface area contributed by atoms with Crippen LogP contribution >= 0.6 is 0 Å². The molecule has 0 bridgehead atoms. The number of aryl methyl sites for hydroxylation is 1. The predicted molar refractivity (Wildman–Crippen MR) is 137 cm³/mol. The van der Waals surface area contributed by atoms with Crippen molar-refractivity contribution in [2.75, 3.05) is 26.2 Å². The Hall–Kier alpha value is -3.42. The SMILES string of the molecule is CCN(CC)S(=O)(=O)N(CC(=O)O)Cc1cccc(OCCc2nc(-c3cc(F)c(C)c(F)c3F)oc2C)c1. The number of hydrogen-bond acceptors (Lipinski definition) is 6. The predicted octanol–water partition coefficient (Wildman–Crippen LogP) is 4.47. The maximum Gasteiger partial charge on any atom is 0.318 e. The Morgan fingerprint density at radius 2 is 1.77 bits per heavy atom. The standard InChI is InChI=1S/C26H30F3N3O6S/c1-5-31(6-2)39(35,36)32(15-23(33)34)14-18-8-7-9-19(12-18)37-11-10-22-17(4)38-26(30-22)20-13-21(27)16(3)24(28)25(20)29/h7-9,12-13H,5-6,10-11,14-15H2,1-4H3,(H,33,34). The van der Waals surface area contributed by atoms with Crippen molar-refractivity contribution < 1.29 is 40.6 Å². The Morgan fingerprint density at radius 3 is 2.41 bits per heavy atom. The van der Waals surface area contributed by atoms with Crippen molar-refractivity contribution in [2.24, 2.45) is 0 Å². The molecule has 0 radical (unpaired) electrons. The minimum Gasteiger partial charge on any atom is -0.493 e. The second kappa shape index (κ2) is 12.6.